The fraction of sp³-hybridized carbons (Fsp3) is 0.323. The summed E-state index contributed by atoms with van der Waals surface area (Å²) in [5.74, 6) is -1.34. The summed E-state index contributed by atoms with van der Waals surface area (Å²) >= 11 is 0. The van der Waals surface area contributed by atoms with E-state index in [9.17, 15) is 18.8 Å². The first-order valence-corrected chi connectivity index (χ1v) is 13.4. The smallest absolute Gasteiger partial charge is 0.335 e. The van der Waals surface area contributed by atoms with E-state index in [1.54, 1.807) is 45.5 Å². The van der Waals surface area contributed by atoms with Gasteiger partial charge >= 0.3 is 11.7 Å². The molecule has 1 aliphatic rings. The second-order valence-electron chi connectivity index (χ2n) is 10.00. The Balaban J connectivity index is 0.00000111. The van der Waals surface area contributed by atoms with E-state index in [2.05, 4.69) is 10.2 Å². The number of carbonyl (C=O) groups is 2. The van der Waals surface area contributed by atoms with Crippen LogP contribution in [0.5, 0.6) is 0 Å². The molecule has 0 atom stereocenters. The van der Waals surface area contributed by atoms with Crippen LogP contribution in [0, 0.1) is 11.7 Å². The first kappa shape index (κ1) is 31.7. The molecule has 0 radical (unpaired) electrons. The van der Waals surface area contributed by atoms with Gasteiger partial charge in [0.2, 0.25) is 0 Å². The first-order chi connectivity index (χ1) is 19.3. The minimum Gasteiger partial charge on any atom is -0.478 e. The molecule has 0 bridgehead atoms. The molecular formula is C31H36ClFN4O4. The fourth-order valence-electron chi connectivity index (χ4n) is 5.09. The average Bonchev–Trinajstić information content (AvgIpc) is 3.23. The topological polar surface area (TPSA) is 96.6 Å². The Labute approximate surface area is 244 Å². The van der Waals surface area contributed by atoms with Crippen molar-refractivity contribution in [1.82, 2.24) is 19.4 Å². The molecule has 0 spiro atoms. The van der Waals surface area contributed by atoms with E-state index in [4.69, 9.17) is 5.11 Å². The summed E-state index contributed by atoms with van der Waals surface area (Å²) in [4.78, 5) is 39.6. The fourth-order valence-corrected chi connectivity index (χ4v) is 5.09. The highest BCUT2D eigenvalue weighted by molar-refractivity contribution is 5.97. The molecule has 0 saturated carbocycles. The van der Waals surface area contributed by atoms with Crippen LogP contribution in [-0.4, -0.2) is 64.6 Å². The van der Waals surface area contributed by atoms with E-state index in [0.29, 0.717) is 25.2 Å². The number of fused-ring (bicyclic) bond motifs is 1. The van der Waals surface area contributed by atoms with E-state index < -0.39 is 5.97 Å². The van der Waals surface area contributed by atoms with Gasteiger partial charge in [0, 0.05) is 24.6 Å². The molecule has 1 fully saturated rings. The second-order valence-corrected chi connectivity index (χ2v) is 10.00. The third kappa shape index (κ3) is 7.70. The number of hydrogen-bond donors (Lipinski definition) is 2. The normalized spacial score (nSPS) is 13.7. The van der Waals surface area contributed by atoms with E-state index in [0.717, 1.165) is 42.5 Å². The molecule has 218 valence electrons. The first-order valence-electron chi connectivity index (χ1n) is 13.4. The number of carbonyl (C=O) groups excluding carboxylic acids is 1. The predicted molar refractivity (Wildman–Crippen MR) is 161 cm³/mol. The van der Waals surface area contributed by atoms with Crippen molar-refractivity contribution in [3.63, 3.8) is 0 Å². The molecule has 1 aromatic heterocycles. The number of carboxylic acids is 1. The van der Waals surface area contributed by atoms with Crippen LogP contribution >= 0.6 is 12.4 Å². The maximum absolute atomic E-state index is 13.4. The summed E-state index contributed by atoms with van der Waals surface area (Å²) in [7, 11) is 3.75. The predicted octanol–water partition coefficient (Wildman–Crippen LogP) is 4.54. The SMILES string of the molecule is CNC.Cl.O=C(O)c1ccc(Cn2c(=O)n(CCN3CCC(C(=O)c4ccc(F)cc4)CC3)c3ccccc32)cc1. The van der Waals surface area contributed by atoms with Gasteiger partial charge in [-0.3, -0.25) is 13.9 Å². The number of likely N-dealkylation sites (tertiary alicyclic amines) is 1. The van der Waals surface area contributed by atoms with Crippen LogP contribution in [0.15, 0.2) is 77.6 Å². The molecule has 0 amide bonds. The summed E-state index contributed by atoms with van der Waals surface area (Å²) in [6.45, 7) is 3.10. The molecule has 1 saturated heterocycles. The van der Waals surface area contributed by atoms with Gasteiger partial charge in [-0.2, -0.15) is 0 Å². The van der Waals surface area contributed by atoms with Crippen molar-refractivity contribution in [2.45, 2.75) is 25.9 Å². The van der Waals surface area contributed by atoms with E-state index in [1.807, 2.05) is 38.4 Å². The van der Waals surface area contributed by atoms with Gasteiger partial charge in [0.1, 0.15) is 5.82 Å². The monoisotopic (exact) mass is 582 g/mol. The zero-order valence-electron chi connectivity index (χ0n) is 23.3. The van der Waals surface area contributed by atoms with Crippen molar-refractivity contribution in [2.24, 2.45) is 5.92 Å². The van der Waals surface area contributed by atoms with Crippen molar-refractivity contribution in [3.8, 4) is 0 Å². The average molecular weight is 583 g/mol. The number of imidazole rings is 1. The van der Waals surface area contributed by atoms with Crippen molar-refractivity contribution in [1.29, 1.82) is 0 Å². The molecule has 0 aliphatic carbocycles. The molecule has 1 aliphatic heterocycles. The molecule has 41 heavy (non-hydrogen) atoms. The van der Waals surface area contributed by atoms with Gasteiger partial charge in [0.05, 0.1) is 23.1 Å². The summed E-state index contributed by atoms with van der Waals surface area (Å²) in [6.07, 6.45) is 1.47. The summed E-state index contributed by atoms with van der Waals surface area (Å²) in [5, 5.41) is 11.9. The number of benzene rings is 3. The number of hydrogen-bond acceptors (Lipinski definition) is 5. The van der Waals surface area contributed by atoms with Crippen LogP contribution < -0.4 is 11.0 Å². The molecule has 2 heterocycles. The Hall–Kier alpha value is -3.79. The standard InChI is InChI=1S/C29H28FN3O4.C2H7N.ClH/c30-24-11-9-21(10-12-24)27(34)22-13-15-31(16-14-22)17-18-32-25-3-1-2-4-26(25)33(29(32)37)19-20-5-7-23(8-6-20)28(35)36;1-3-2;/h1-12,22H,13-19H2,(H,35,36);3H,1-2H3;1H. The highest BCUT2D eigenvalue weighted by Crippen LogP contribution is 2.22. The molecule has 3 aromatic carbocycles. The molecule has 8 nitrogen and oxygen atoms in total. The van der Waals surface area contributed by atoms with Crippen LogP contribution in [0.25, 0.3) is 11.0 Å². The lowest BCUT2D eigenvalue weighted by Crippen LogP contribution is -2.39. The minimum atomic E-state index is -0.982. The number of nitrogens with zero attached hydrogens (tertiary/aromatic N) is 3. The quantitative estimate of drug-likeness (QED) is 0.296. The highest BCUT2D eigenvalue weighted by atomic mass is 35.5. The molecule has 5 rings (SSSR count). The molecule has 2 N–H and O–H groups in total. The van der Waals surface area contributed by atoms with Crippen LogP contribution in [0.2, 0.25) is 0 Å². The van der Waals surface area contributed by atoms with Crippen molar-refractivity contribution in [3.05, 3.63) is 106 Å². The third-order valence-corrected chi connectivity index (χ3v) is 7.19. The Bertz CT molecular complexity index is 1510. The van der Waals surface area contributed by atoms with Gasteiger partial charge in [0.25, 0.3) is 0 Å². The second kappa shape index (κ2) is 14.7. The number of carboxylic acid groups (broad SMARTS) is 1. The Morgan fingerprint density at radius 3 is 1.95 bits per heavy atom. The maximum Gasteiger partial charge on any atom is 0.335 e. The van der Waals surface area contributed by atoms with E-state index in [1.165, 1.54) is 12.1 Å². The van der Waals surface area contributed by atoms with E-state index >= 15 is 0 Å². The Morgan fingerprint density at radius 2 is 1.39 bits per heavy atom. The third-order valence-electron chi connectivity index (χ3n) is 7.19. The highest BCUT2D eigenvalue weighted by Gasteiger charge is 2.26. The molecule has 10 heteroatoms. The van der Waals surface area contributed by atoms with Crippen molar-refractivity contribution in [2.75, 3.05) is 33.7 Å². The number of piperidine rings is 1. The van der Waals surface area contributed by atoms with Crippen LogP contribution in [0.1, 0.15) is 39.1 Å². The number of Topliss-reactive ketones (excluding diaryl/α,β-unsaturated/α-hetero) is 1. The minimum absolute atomic E-state index is 0. The number of rotatable bonds is 8. The van der Waals surface area contributed by atoms with E-state index in [-0.39, 0.29) is 41.2 Å². The Morgan fingerprint density at radius 1 is 0.854 bits per heavy atom. The van der Waals surface area contributed by atoms with Gasteiger partial charge in [-0.15, -0.1) is 12.4 Å². The van der Waals surface area contributed by atoms with Gasteiger partial charge in [0.15, 0.2) is 5.78 Å². The van der Waals surface area contributed by atoms with Crippen molar-refractivity contribution >= 4 is 35.2 Å². The lowest BCUT2D eigenvalue weighted by molar-refractivity contribution is 0.0696. The molecule has 0 unspecified atom stereocenters. The van der Waals surface area contributed by atoms with Gasteiger partial charge in [-0.1, -0.05) is 24.3 Å². The number of aromatic nitrogens is 2. The number of aromatic carboxylic acids is 1. The maximum atomic E-state index is 13.4. The largest absolute Gasteiger partial charge is 0.478 e. The lowest BCUT2D eigenvalue weighted by atomic mass is 9.89. The van der Waals surface area contributed by atoms with Crippen LogP contribution in [0.4, 0.5) is 4.39 Å². The van der Waals surface area contributed by atoms with Gasteiger partial charge in [-0.25, -0.2) is 14.0 Å². The number of para-hydroxylation sites is 2. The number of halogens is 2. The van der Waals surface area contributed by atoms with Crippen LogP contribution in [0.3, 0.4) is 0 Å². The van der Waals surface area contributed by atoms with Gasteiger partial charge in [-0.05, 0) is 94.1 Å². The molecule has 4 aromatic rings. The van der Waals surface area contributed by atoms with Crippen molar-refractivity contribution < 1.29 is 19.1 Å². The summed E-state index contributed by atoms with van der Waals surface area (Å²) in [5.41, 5.74) is 3.20. The van der Waals surface area contributed by atoms with Crippen LogP contribution in [-0.2, 0) is 13.1 Å². The van der Waals surface area contributed by atoms with Gasteiger partial charge < -0.3 is 15.3 Å². The lowest BCUT2D eigenvalue weighted by Gasteiger charge is -2.31. The molecular weight excluding hydrogens is 547 g/mol. The summed E-state index contributed by atoms with van der Waals surface area (Å²) < 4.78 is 16.7. The zero-order valence-corrected chi connectivity index (χ0v) is 24.1. The number of ketones is 1. The zero-order chi connectivity index (χ0) is 28.6. The summed E-state index contributed by atoms with van der Waals surface area (Å²) in [6, 6.07) is 20.0. The Kier molecular flexibility index (Phi) is 11.4. The number of nitrogens with one attached hydrogen (secondary N) is 1.